The first kappa shape index (κ1) is 14.6. The molecule has 1 aliphatic rings. The van der Waals surface area contributed by atoms with Crippen LogP contribution in [0.15, 0.2) is 18.2 Å². The Hall–Kier alpha value is -0.770. The molecule has 3 nitrogen and oxygen atoms in total. The number of methoxy groups -OCH3 is 1. The Bertz CT molecular complexity index is 411. The van der Waals surface area contributed by atoms with Crippen LogP contribution in [0.3, 0.4) is 0 Å². The van der Waals surface area contributed by atoms with Gasteiger partial charge in [0, 0.05) is 23.2 Å². The van der Waals surface area contributed by atoms with Gasteiger partial charge in [0.2, 0.25) is 0 Å². The second-order valence-corrected chi connectivity index (χ2v) is 5.60. The summed E-state index contributed by atoms with van der Waals surface area (Å²) < 4.78 is 5.37. The van der Waals surface area contributed by atoms with Crippen molar-refractivity contribution in [1.82, 2.24) is 5.32 Å². The maximum Gasteiger partial charge on any atom is 0.124 e. The van der Waals surface area contributed by atoms with E-state index >= 15 is 0 Å². The highest BCUT2D eigenvalue weighted by molar-refractivity contribution is 6.31. The topological polar surface area (TPSA) is 47.3 Å². The minimum atomic E-state index is 0.500. The van der Waals surface area contributed by atoms with Gasteiger partial charge < -0.3 is 15.8 Å². The fourth-order valence-corrected chi connectivity index (χ4v) is 3.13. The lowest BCUT2D eigenvalue weighted by atomic mass is 9.84. The quantitative estimate of drug-likeness (QED) is 0.873. The summed E-state index contributed by atoms with van der Waals surface area (Å²) in [7, 11) is 1.68. The Morgan fingerprint density at radius 3 is 2.89 bits per heavy atom. The van der Waals surface area contributed by atoms with Crippen LogP contribution >= 0.6 is 11.6 Å². The van der Waals surface area contributed by atoms with Gasteiger partial charge in [-0.1, -0.05) is 30.5 Å². The summed E-state index contributed by atoms with van der Waals surface area (Å²) in [6.45, 7) is 1.50. The maximum atomic E-state index is 6.25. The molecular formula is C15H23ClN2O. The Kier molecular flexibility index (Phi) is 5.49. The van der Waals surface area contributed by atoms with Gasteiger partial charge >= 0.3 is 0 Å². The molecule has 0 aromatic heterocycles. The second kappa shape index (κ2) is 7.13. The number of nitrogens with one attached hydrogen (secondary N) is 1. The van der Waals surface area contributed by atoms with Crippen LogP contribution in [0.25, 0.3) is 0 Å². The summed E-state index contributed by atoms with van der Waals surface area (Å²) in [6.07, 6.45) is 5.02. The van der Waals surface area contributed by atoms with Gasteiger partial charge in [-0.25, -0.2) is 0 Å². The highest BCUT2D eigenvalue weighted by Gasteiger charge is 2.23. The van der Waals surface area contributed by atoms with Crippen molar-refractivity contribution < 1.29 is 4.74 Å². The molecule has 0 amide bonds. The van der Waals surface area contributed by atoms with Crippen LogP contribution in [0, 0.1) is 5.92 Å². The maximum absolute atomic E-state index is 6.25. The zero-order chi connectivity index (χ0) is 13.7. The lowest BCUT2D eigenvalue weighted by Gasteiger charge is -2.31. The molecule has 1 fully saturated rings. The zero-order valence-electron chi connectivity index (χ0n) is 11.5. The molecule has 0 heterocycles. The normalized spacial score (nSPS) is 23.3. The van der Waals surface area contributed by atoms with E-state index in [1.165, 1.54) is 25.7 Å². The third-order valence-corrected chi connectivity index (χ3v) is 4.40. The lowest BCUT2D eigenvalue weighted by Crippen LogP contribution is -2.41. The van der Waals surface area contributed by atoms with Crippen LogP contribution < -0.4 is 15.8 Å². The van der Waals surface area contributed by atoms with Crippen LogP contribution in [-0.2, 0) is 6.54 Å². The minimum absolute atomic E-state index is 0.500. The molecule has 2 unspecified atom stereocenters. The summed E-state index contributed by atoms with van der Waals surface area (Å²) in [4.78, 5) is 0. The Morgan fingerprint density at radius 2 is 2.16 bits per heavy atom. The smallest absolute Gasteiger partial charge is 0.124 e. The summed E-state index contributed by atoms with van der Waals surface area (Å²) >= 11 is 6.25. The molecule has 3 N–H and O–H groups in total. The molecule has 0 radical (unpaired) electrons. The second-order valence-electron chi connectivity index (χ2n) is 5.19. The highest BCUT2D eigenvalue weighted by atomic mass is 35.5. The van der Waals surface area contributed by atoms with E-state index in [2.05, 4.69) is 5.32 Å². The van der Waals surface area contributed by atoms with Gasteiger partial charge in [0.25, 0.3) is 0 Å². The van der Waals surface area contributed by atoms with Gasteiger partial charge in [-0.15, -0.1) is 0 Å². The van der Waals surface area contributed by atoms with E-state index in [9.17, 15) is 0 Å². The van der Waals surface area contributed by atoms with Gasteiger partial charge in [-0.3, -0.25) is 0 Å². The van der Waals surface area contributed by atoms with Gasteiger partial charge in [0.1, 0.15) is 5.75 Å². The summed E-state index contributed by atoms with van der Waals surface area (Å²) in [6, 6.07) is 6.26. The summed E-state index contributed by atoms with van der Waals surface area (Å²) in [5, 5.41) is 4.37. The van der Waals surface area contributed by atoms with E-state index in [1.807, 2.05) is 18.2 Å². The predicted molar refractivity (Wildman–Crippen MR) is 79.6 cm³/mol. The fourth-order valence-electron chi connectivity index (χ4n) is 2.89. The van der Waals surface area contributed by atoms with E-state index in [0.717, 1.165) is 29.4 Å². The highest BCUT2D eigenvalue weighted by Crippen LogP contribution is 2.28. The zero-order valence-corrected chi connectivity index (χ0v) is 12.2. The molecular weight excluding hydrogens is 260 g/mol. The molecule has 1 aromatic carbocycles. The van der Waals surface area contributed by atoms with Gasteiger partial charge in [0.15, 0.2) is 0 Å². The van der Waals surface area contributed by atoms with Crippen LogP contribution in [0.2, 0.25) is 5.02 Å². The Labute approximate surface area is 120 Å². The SMILES string of the molecule is COc1cccc(Cl)c1CNC1CCCCC1CN. The number of hydrogen-bond acceptors (Lipinski definition) is 3. The van der Waals surface area contributed by atoms with E-state index in [4.69, 9.17) is 22.1 Å². The molecule has 0 saturated heterocycles. The first-order valence-corrected chi connectivity index (χ1v) is 7.39. The summed E-state index contributed by atoms with van der Waals surface area (Å²) in [5.74, 6) is 1.43. The monoisotopic (exact) mass is 282 g/mol. The molecule has 2 atom stereocenters. The van der Waals surface area contributed by atoms with Crippen molar-refractivity contribution in [2.45, 2.75) is 38.3 Å². The van der Waals surface area contributed by atoms with Crippen molar-refractivity contribution in [2.75, 3.05) is 13.7 Å². The van der Waals surface area contributed by atoms with Crippen molar-refractivity contribution >= 4 is 11.6 Å². The number of ether oxygens (including phenoxy) is 1. The molecule has 0 spiro atoms. The largest absolute Gasteiger partial charge is 0.496 e. The molecule has 1 aliphatic carbocycles. The average Bonchev–Trinajstić information content (AvgIpc) is 2.46. The number of rotatable bonds is 5. The lowest BCUT2D eigenvalue weighted by molar-refractivity contribution is 0.266. The van der Waals surface area contributed by atoms with E-state index < -0.39 is 0 Å². The number of nitrogens with two attached hydrogens (primary N) is 1. The first-order valence-electron chi connectivity index (χ1n) is 7.01. The standard InChI is InChI=1S/C15H23ClN2O/c1-19-15-8-4-6-13(16)12(15)10-18-14-7-3-2-5-11(14)9-17/h4,6,8,11,14,18H,2-3,5,7,9-10,17H2,1H3. The third-order valence-electron chi connectivity index (χ3n) is 4.05. The third kappa shape index (κ3) is 3.62. The van der Waals surface area contributed by atoms with Crippen LogP contribution in [0.1, 0.15) is 31.2 Å². The number of halogens is 1. The van der Waals surface area contributed by atoms with Crippen molar-refractivity contribution in [3.63, 3.8) is 0 Å². The van der Waals surface area contributed by atoms with Crippen molar-refractivity contribution in [1.29, 1.82) is 0 Å². The van der Waals surface area contributed by atoms with Crippen LogP contribution in [0.5, 0.6) is 5.75 Å². The molecule has 1 aromatic rings. The Balaban J connectivity index is 2.01. The van der Waals surface area contributed by atoms with E-state index in [-0.39, 0.29) is 0 Å². The van der Waals surface area contributed by atoms with Gasteiger partial charge in [0.05, 0.1) is 7.11 Å². The van der Waals surface area contributed by atoms with Crippen molar-refractivity contribution in [3.8, 4) is 5.75 Å². The number of benzene rings is 1. The molecule has 0 aliphatic heterocycles. The number of hydrogen-bond donors (Lipinski definition) is 2. The van der Waals surface area contributed by atoms with E-state index in [0.29, 0.717) is 12.0 Å². The van der Waals surface area contributed by atoms with Gasteiger partial charge in [-0.05, 0) is 37.4 Å². The summed E-state index contributed by atoms with van der Waals surface area (Å²) in [5.41, 5.74) is 6.89. The predicted octanol–water partition coefficient (Wildman–Crippen LogP) is 2.96. The first-order chi connectivity index (χ1) is 9.26. The molecule has 0 bridgehead atoms. The Morgan fingerprint density at radius 1 is 1.37 bits per heavy atom. The molecule has 1 saturated carbocycles. The molecule has 2 rings (SSSR count). The average molecular weight is 283 g/mol. The van der Waals surface area contributed by atoms with Gasteiger partial charge in [-0.2, -0.15) is 0 Å². The van der Waals surface area contributed by atoms with Crippen LogP contribution in [0.4, 0.5) is 0 Å². The molecule has 19 heavy (non-hydrogen) atoms. The molecule has 4 heteroatoms. The fraction of sp³-hybridized carbons (Fsp3) is 0.600. The van der Waals surface area contributed by atoms with Crippen molar-refractivity contribution in [3.05, 3.63) is 28.8 Å². The molecule has 106 valence electrons. The minimum Gasteiger partial charge on any atom is -0.496 e. The van der Waals surface area contributed by atoms with E-state index in [1.54, 1.807) is 7.11 Å². The van der Waals surface area contributed by atoms with Crippen molar-refractivity contribution in [2.24, 2.45) is 11.7 Å². The van der Waals surface area contributed by atoms with Crippen LogP contribution in [-0.4, -0.2) is 19.7 Å².